The number of benzene rings is 1. The lowest BCUT2D eigenvalue weighted by Crippen LogP contribution is -2.37. The molecule has 0 aliphatic carbocycles. The van der Waals surface area contributed by atoms with E-state index in [1.54, 1.807) is 31.4 Å². The Kier molecular flexibility index (Phi) is 4.55. The fraction of sp³-hybridized carbons (Fsp3) is 0.214. The normalized spacial score (nSPS) is 10.1. The van der Waals surface area contributed by atoms with Crippen molar-refractivity contribution in [3.05, 3.63) is 42.6 Å². The third kappa shape index (κ3) is 4.34. The minimum absolute atomic E-state index is 0.0233. The highest BCUT2D eigenvalue weighted by atomic mass is 16.2. The Balaban J connectivity index is 1.84. The smallest absolute Gasteiger partial charge is 0.244 e. The van der Waals surface area contributed by atoms with Crippen LogP contribution < -0.4 is 11.1 Å². The van der Waals surface area contributed by atoms with Gasteiger partial charge in [-0.3, -0.25) is 14.3 Å². The molecular formula is C14H17N5O2. The average molecular weight is 287 g/mol. The number of hydrogen-bond acceptors (Lipinski definition) is 4. The van der Waals surface area contributed by atoms with Gasteiger partial charge in [-0.05, 0) is 18.2 Å². The quantitative estimate of drug-likeness (QED) is 0.840. The summed E-state index contributed by atoms with van der Waals surface area (Å²) in [6.45, 7) is 0.0246. The minimum Gasteiger partial charge on any atom is -0.382 e. The summed E-state index contributed by atoms with van der Waals surface area (Å²) in [6.07, 6.45) is 1.62. The fourth-order valence-electron chi connectivity index (χ4n) is 1.75. The zero-order valence-electron chi connectivity index (χ0n) is 11.7. The van der Waals surface area contributed by atoms with Crippen molar-refractivity contribution in [2.45, 2.75) is 6.54 Å². The molecule has 0 fully saturated rings. The highest BCUT2D eigenvalue weighted by molar-refractivity contribution is 5.94. The summed E-state index contributed by atoms with van der Waals surface area (Å²) in [6, 6.07) is 10.7. The van der Waals surface area contributed by atoms with Gasteiger partial charge in [-0.1, -0.05) is 18.2 Å². The highest BCUT2D eigenvalue weighted by Gasteiger charge is 2.14. The molecule has 1 heterocycles. The maximum absolute atomic E-state index is 12.0. The molecule has 0 aliphatic rings. The minimum atomic E-state index is -0.253. The van der Waals surface area contributed by atoms with Gasteiger partial charge in [0.05, 0.1) is 6.54 Å². The second-order valence-corrected chi connectivity index (χ2v) is 4.60. The van der Waals surface area contributed by atoms with Crippen LogP contribution >= 0.6 is 0 Å². The van der Waals surface area contributed by atoms with Crippen molar-refractivity contribution in [2.75, 3.05) is 24.6 Å². The van der Waals surface area contributed by atoms with E-state index >= 15 is 0 Å². The van der Waals surface area contributed by atoms with Gasteiger partial charge in [0.2, 0.25) is 11.8 Å². The van der Waals surface area contributed by atoms with Crippen LogP contribution in [0.4, 0.5) is 11.5 Å². The average Bonchev–Trinajstić information content (AvgIpc) is 2.85. The fourth-order valence-corrected chi connectivity index (χ4v) is 1.75. The molecule has 3 N–H and O–H groups in total. The van der Waals surface area contributed by atoms with Crippen LogP contribution in [0, 0.1) is 0 Å². The van der Waals surface area contributed by atoms with Gasteiger partial charge in [0, 0.05) is 18.9 Å². The number of nitrogens with zero attached hydrogens (tertiary/aromatic N) is 3. The molecule has 2 rings (SSSR count). The van der Waals surface area contributed by atoms with Crippen LogP contribution in [0.1, 0.15) is 0 Å². The van der Waals surface area contributed by atoms with E-state index in [-0.39, 0.29) is 24.9 Å². The first-order chi connectivity index (χ1) is 10.0. The summed E-state index contributed by atoms with van der Waals surface area (Å²) in [5.41, 5.74) is 6.17. The number of nitrogen functional groups attached to an aromatic ring is 1. The van der Waals surface area contributed by atoms with Crippen molar-refractivity contribution in [2.24, 2.45) is 0 Å². The highest BCUT2D eigenvalue weighted by Crippen LogP contribution is 2.05. The van der Waals surface area contributed by atoms with Crippen LogP contribution in [-0.2, 0) is 16.1 Å². The number of aromatic nitrogens is 2. The summed E-state index contributed by atoms with van der Waals surface area (Å²) < 4.78 is 1.43. The molecule has 0 saturated carbocycles. The predicted octanol–water partition coefficient (Wildman–Crippen LogP) is 0.562. The van der Waals surface area contributed by atoms with Crippen LogP contribution in [0.5, 0.6) is 0 Å². The van der Waals surface area contributed by atoms with Gasteiger partial charge in [-0.2, -0.15) is 5.10 Å². The molecule has 0 aliphatic heterocycles. The molecule has 0 spiro atoms. The van der Waals surface area contributed by atoms with Crippen LogP contribution in [0.15, 0.2) is 42.6 Å². The SMILES string of the molecule is CN(CC(=O)Nc1ccccc1)C(=O)Cn1ccc(N)n1. The second kappa shape index (κ2) is 6.56. The molecule has 7 nitrogen and oxygen atoms in total. The van der Waals surface area contributed by atoms with E-state index in [1.807, 2.05) is 18.2 Å². The zero-order valence-corrected chi connectivity index (χ0v) is 11.7. The number of nitrogens with two attached hydrogens (primary N) is 1. The number of hydrogen-bond donors (Lipinski definition) is 2. The van der Waals surface area contributed by atoms with E-state index in [0.29, 0.717) is 11.5 Å². The molecule has 110 valence electrons. The van der Waals surface area contributed by atoms with Gasteiger partial charge in [0.1, 0.15) is 12.4 Å². The van der Waals surface area contributed by atoms with Crippen molar-refractivity contribution >= 4 is 23.3 Å². The standard InChI is InChI=1S/C14H17N5O2/c1-18(14(21)10-19-8-7-12(15)17-19)9-13(20)16-11-5-3-2-4-6-11/h2-8H,9-10H2,1H3,(H2,15,17)(H,16,20). The van der Waals surface area contributed by atoms with Crippen LogP contribution in [0.2, 0.25) is 0 Å². The molecule has 2 amide bonds. The molecule has 21 heavy (non-hydrogen) atoms. The van der Waals surface area contributed by atoms with Crippen LogP contribution in [-0.4, -0.2) is 40.1 Å². The Bertz CT molecular complexity index is 623. The molecule has 0 saturated heterocycles. The number of likely N-dealkylation sites (N-methyl/N-ethyl adjacent to an activating group) is 1. The van der Waals surface area contributed by atoms with Crippen LogP contribution in [0.25, 0.3) is 0 Å². The molecule has 0 unspecified atom stereocenters. The summed E-state index contributed by atoms with van der Waals surface area (Å²) in [7, 11) is 1.57. The number of amides is 2. The van der Waals surface area contributed by atoms with E-state index in [0.717, 1.165) is 0 Å². The molecule has 0 atom stereocenters. The van der Waals surface area contributed by atoms with Gasteiger partial charge in [-0.15, -0.1) is 0 Å². The van der Waals surface area contributed by atoms with Crippen molar-refractivity contribution in [3.63, 3.8) is 0 Å². The number of rotatable bonds is 5. The number of nitrogens with one attached hydrogen (secondary N) is 1. The van der Waals surface area contributed by atoms with Gasteiger partial charge in [-0.25, -0.2) is 0 Å². The van der Waals surface area contributed by atoms with Crippen molar-refractivity contribution in [1.29, 1.82) is 0 Å². The van der Waals surface area contributed by atoms with Gasteiger partial charge in [0.25, 0.3) is 0 Å². The Labute approximate surface area is 122 Å². The first-order valence-corrected chi connectivity index (χ1v) is 6.42. The maximum Gasteiger partial charge on any atom is 0.244 e. The molecule has 1 aromatic heterocycles. The third-order valence-electron chi connectivity index (χ3n) is 2.82. The molecule has 1 aromatic carbocycles. The summed E-state index contributed by atoms with van der Waals surface area (Å²) in [4.78, 5) is 25.1. The molecule has 7 heteroatoms. The first kappa shape index (κ1) is 14.6. The van der Waals surface area contributed by atoms with Crippen molar-refractivity contribution in [1.82, 2.24) is 14.7 Å². The van der Waals surface area contributed by atoms with E-state index in [2.05, 4.69) is 10.4 Å². The first-order valence-electron chi connectivity index (χ1n) is 6.42. The van der Waals surface area contributed by atoms with Gasteiger partial charge < -0.3 is 16.0 Å². The lowest BCUT2D eigenvalue weighted by Gasteiger charge is -2.16. The Morgan fingerprint density at radius 3 is 2.62 bits per heavy atom. The predicted molar refractivity (Wildman–Crippen MR) is 79.3 cm³/mol. The maximum atomic E-state index is 12.0. The monoisotopic (exact) mass is 287 g/mol. The van der Waals surface area contributed by atoms with E-state index < -0.39 is 0 Å². The molecule has 0 radical (unpaired) electrons. The summed E-state index contributed by atoms with van der Waals surface area (Å²) in [5.74, 6) is -0.120. The largest absolute Gasteiger partial charge is 0.382 e. The number of para-hydroxylation sites is 1. The molecule has 0 bridgehead atoms. The topological polar surface area (TPSA) is 93.2 Å². The van der Waals surface area contributed by atoms with E-state index in [1.165, 1.54) is 9.58 Å². The lowest BCUT2D eigenvalue weighted by molar-refractivity contribution is -0.134. The van der Waals surface area contributed by atoms with Gasteiger partial charge >= 0.3 is 0 Å². The third-order valence-corrected chi connectivity index (χ3v) is 2.82. The Hall–Kier alpha value is -2.83. The molecular weight excluding hydrogens is 270 g/mol. The number of anilines is 2. The molecule has 2 aromatic rings. The zero-order chi connectivity index (χ0) is 15.2. The van der Waals surface area contributed by atoms with Crippen molar-refractivity contribution in [3.8, 4) is 0 Å². The number of carbonyl (C=O) groups excluding carboxylic acids is 2. The number of carbonyl (C=O) groups is 2. The van der Waals surface area contributed by atoms with Gasteiger partial charge in [0.15, 0.2) is 0 Å². The van der Waals surface area contributed by atoms with E-state index in [9.17, 15) is 9.59 Å². The van der Waals surface area contributed by atoms with Crippen molar-refractivity contribution < 1.29 is 9.59 Å². The Morgan fingerprint density at radius 2 is 2.00 bits per heavy atom. The van der Waals surface area contributed by atoms with E-state index in [4.69, 9.17) is 5.73 Å². The second-order valence-electron chi connectivity index (χ2n) is 4.60. The Morgan fingerprint density at radius 1 is 1.29 bits per heavy atom. The van der Waals surface area contributed by atoms with Crippen LogP contribution in [0.3, 0.4) is 0 Å². The summed E-state index contributed by atoms with van der Waals surface area (Å²) in [5, 5.41) is 6.65. The lowest BCUT2D eigenvalue weighted by atomic mass is 10.3. The summed E-state index contributed by atoms with van der Waals surface area (Å²) >= 11 is 0.